The van der Waals surface area contributed by atoms with E-state index in [0.29, 0.717) is 5.92 Å². The summed E-state index contributed by atoms with van der Waals surface area (Å²) in [5.74, 6) is 1.22. The van der Waals surface area contributed by atoms with E-state index in [1.54, 1.807) is 12.1 Å². The van der Waals surface area contributed by atoms with Crippen molar-refractivity contribution in [3.63, 3.8) is 0 Å². The third kappa shape index (κ3) is 10.8. The van der Waals surface area contributed by atoms with Gasteiger partial charge in [-0.2, -0.15) is 12.6 Å². The van der Waals surface area contributed by atoms with Crippen molar-refractivity contribution < 1.29 is 4.92 Å². The van der Waals surface area contributed by atoms with Crippen molar-refractivity contribution in [2.24, 2.45) is 5.92 Å². The molecule has 0 fully saturated rings. The van der Waals surface area contributed by atoms with Gasteiger partial charge in [-0.25, -0.2) is 0 Å². The molecule has 1 aromatic rings. The van der Waals surface area contributed by atoms with Crippen molar-refractivity contribution in [2.45, 2.75) is 77.6 Å². The molecule has 0 saturated heterocycles. The molecule has 0 aliphatic heterocycles. The number of halogens is 1. The standard InChI is InChI=1S/C20H33NO2S.ClH/c1-2-3-4-5-6-7-8-9-10-13-18(17-24)16-19-14-11-12-15-20(19)21(22)23;/h11-12,14-15,18,24H,2-10,13,16-17H2,1H3;1H. The maximum absolute atomic E-state index is 11.1. The molecule has 144 valence electrons. The number of nitro groups is 1. The van der Waals surface area contributed by atoms with Crippen LogP contribution in [-0.4, -0.2) is 10.7 Å². The Morgan fingerprint density at radius 2 is 1.56 bits per heavy atom. The van der Waals surface area contributed by atoms with Crippen LogP contribution in [0.5, 0.6) is 0 Å². The summed E-state index contributed by atoms with van der Waals surface area (Å²) < 4.78 is 0. The summed E-state index contributed by atoms with van der Waals surface area (Å²) in [5.41, 5.74) is 1.09. The molecule has 1 aromatic carbocycles. The number of rotatable bonds is 14. The van der Waals surface area contributed by atoms with Crippen molar-refractivity contribution >= 4 is 30.7 Å². The predicted octanol–water partition coefficient (Wildman–Crippen LogP) is 7.03. The number of unbranched alkanes of at least 4 members (excludes halogenated alkanes) is 8. The van der Waals surface area contributed by atoms with E-state index in [4.69, 9.17) is 0 Å². The van der Waals surface area contributed by atoms with E-state index >= 15 is 0 Å². The van der Waals surface area contributed by atoms with Crippen LogP contribution in [0, 0.1) is 16.0 Å². The van der Waals surface area contributed by atoms with Crippen molar-refractivity contribution in [2.75, 3.05) is 5.75 Å². The molecule has 5 heteroatoms. The smallest absolute Gasteiger partial charge is 0.258 e. The van der Waals surface area contributed by atoms with Gasteiger partial charge in [0.2, 0.25) is 0 Å². The molecule has 0 radical (unpaired) electrons. The molecule has 0 heterocycles. The number of hydrogen-bond donors (Lipinski definition) is 1. The number of benzene rings is 1. The maximum Gasteiger partial charge on any atom is 0.272 e. The van der Waals surface area contributed by atoms with E-state index in [2.05, 4.69) is 19.6 Å². The van der Waals surface area contributed by atoms with Gasteiger partial charge < -0.3 is 0 Å². The largest absolute Gasteiger partial charge is 0.272 e. The highest BCUT2D eigenvalue weighted by atomic mass is 35.5. The summed E-state index contributed by atoms with van der Waals surface area (Å²) in [6, 6.07) is 7.10. The highest BCUT2D eigenvalue weighted by Crippen LogP contribution is 2.24. The Labute approximate surface area is 165 Å². The summed E-state index contributed by atoms with van der Waals surface area (Å²) in [7, 11) is 0. The highest BCUT2D eigenvalue weighted by Gasteiger charge is 2.16. The normalized spacial score (nSPS) is 11.8. The highest BCUT2D eigenvalue weighted by molar-refractivity contribution is 7.80. The molecule has 3 nitrogen and oxygen atoms in total. The van der Waals surface area contributed by atoms with Crippen LogP contribution in [0.15, 0.2) is 24.3 Å². The number of nitro benzene ring substituents is 1. The van der Waals surface area contributed by atoms with Gasteiger partial charge in [0.15, 0.2) is 0 Å². The zero-order chi connectivity index (χ0) is 17.6. The van der Waals surface area contributed by atoms with E-state index in [1.807, 2.05) is 12.1 Å². The lowest BCUT2D eigenvalue weighted by Crippen LogP contribution is -2.08. The molecule has 25 heavy (non-hydrogen) atoms. The molecule has 0 aliphatic carbocycles. The fourth-order valence-corrected chi connectivity index (χ4v) is 3.49. The zero-order valence-electron chi connectivity index (χ0n) is 15.5. The van der Waals surface area contributed by atoms with Crippen molar-refractivity contribution in [3.8, 4) is 0 Å². The van der Waals surface area contributed by atoms with E-state index in [-0.39, 0.29) is 23.0 Å². The molecule has 1 rings (SSSR count). The average Bonchev–Trinajstić information content (AvgIpc) is 2.59. The van der Waals surface area contributed by atoms with Gasteiger partial charge in [0.25, 0.3) is 5.69 Å². The number of hydrogen-bond acceptors (Lipinski definition) is 3. The maximum atomic E-state index is 11.1. The van der Waals surface area contributed by atoms with Crippen molar-refractivity contribution in [1.29, 1.82) is 0 Å². The third-order valence-electron chi connectivity index (χ3n) is 4.67. The molecule has 0 spiro atoms. The van der Waals surface area contributed by atoms with Crippen LogP contribution in [0.2, 0.25) is 0 Å². The molecule has 0 amide bonds. The first-order valence-corrected chi connectivity index (χ1v) is 10.2. The minimum Gasteiger partial charge on any atom is -0.258 e. The van der Waals surface area contributed by atoms with E-state index in [9.17, 15) is 10.1 Å². The molecule has 0 aromatic heterocycles. The van der Waals surface area contributed by atoms with E-state index in [0.717, 1.165) is 24.2 Å². The molecule has 1 atom stereocenters. The Kier molecular flexibility index (Phi) is 15.1. The van der Waals surface area contributed by atoms with Crippen molar-refractivity contribution in [1.82, 2.24) is 0 Å². The van der Waals surface area contributed by atoms with Gasteiger partial charge in [-0.05, 0) is 24.5 Å². The quantitative estimate of drug-likeness (QED) is 0.161. The molecular weight excluding hydrogens is 354 g/mol. The SMILES string of the molecule is CCCCCCCCCCCC(CS)Cc1ccccc1[N+](=O)[O-].Cl. The third-order valence-corrected chi connectivity index (χ3v) is 5.19. The molecule has 0 N–H and O–H groups in total. The van der Waals surface area contributed by atoms with Crippen LogP contribution < -0.4 is 0 Å². The number of thiol groups is 1. The Balaban J connectivity index is 0.00000576. The Morgan fingerprint density at radius 1 is 1.00 bits per heavy atom. The second-order valence-corrected chi connectivity index (χ2v) is 7.12. The van der Waals surface area contributed by atoms with Gasteiger partial charge in [0.05, 0.1) is 4.92 Å². The minimum absolute atomic E-state index is 0. The molecule has 0 bridgehead atoms. The van der Waals surface area contributed by atoms with Crippen LogP contribution in [-0.2, 0) is 6.42 Å². The average molecular weight is 388 g/mol. The molecular formula is C20H34ClNO2S. The first-order chi connectivity index (χ1) is 11.7. The Morgan fingerprint density at radius 3 is 2.12 bits per heavy atom. The van der Waals surface area contributed by atoms with Crippen molar-refractivity contribution in [3.05, 3.63) is 39.9 Å². The Hall–Kier alpha value is -0.740. The monoisotopic (exact) mass is 387 g/mol. The van der Waals surface area contributed by atoms with Crippen LogP contribution >= 0.6 is 25.0 Å². The lowest BCUT2D eigenvalue weighted by Gasteiger charge is -2.14. The fraction of sp³-hybridized carbons (Fsp3) is 0.700. The number of para-hydroxylation sites is 1. The van der Waals surface area contributed by atoms with Crippen LogP contribution in [0.4, 0.5) is 5.69 Å². The summed E-state index contributed by atoms with van der Waals surface area (Å²) in [6.07, 6.45) is 13.8. The van der Waals surface area contributed by atoms with E-state index < -0.39 is 0 Å². The molecule has 0 saturated carbocycles. The fourth-order valence-electron chi connectivity index (χ4n) is 3.17. The van der Waals surface area contributed by atoms with Gasteiger partial charge in [0, 0.05) is 11.6 Å². The summed E-state index contributed by atoms with van der Waals surface area (Å²) in [4.78, 5) is 10.8. The van der Waals surface area contributed by atoms with E-state index in [1.165, 1.54) is 57.8 Å². The topological polar surface area (TPSA) is 43.1 Å². The van der Waals surface area contributed by atoms with Gasteiger partial charge in [-0.1, -0.05) is 82.9 Å². The predicted molar refractivity (Wildman–Crippen MR) is 113 cm³/mol. The van der Waals surface area contributed by atoms with Gasteiger partial charge >= 0.3 is 0 Å². The van der Waals surface area contributed by atoms with Crippen LogP contribution in [0.1, 0.15) is 76.7 Å². The Bertz CT molecular complexity index is 471. The van der Waals surface area contributed by atoms with Gasteiger partial charge in [-0.15, -0.1) is 12.4 Å². The first-order valence-electron chi connectivity index (χ1n) is 9.52. The lowest BCUT2D eigenvalue weighted by molar-refractivity contribution is -0.385. The molecule has 1 unspecified atom stereocenters. The summed E-state index contributed by atoms with van der Waals surface area (Å²) >= 11 is 4.45. The summed E-state index contributed by atoms with van der Waals surface area (Å²) in [6.45, 7) is 2.25. The molecule has 0 aliphatic rings. The lowest BCUT2D eigenvalue weighted by atomic mass is 9.94. The second-order valence-electron chi connectivity index (χ2n) is 6.76. The van der Waals surface area contributed by atoms with Crippen LogP contribution in [0.25, 0.3) is 0 Å². The zero-order valence-corrected chi connectivity index (χ0v) is 17.2. The second kappa shape index (κ2) is 15.5. The van der Waals surface area contributed by atoms with Gasteiger partial charge in [0.1, 0.15) is 0 Å². The first kappa shape index (κ1) is 24.3. The van der Waals surface area contributed by atoms with Gasteiger partial charge in [-0.3, -0.25) is 10.1 Å². The van der Waals surface area contributed by atoms with Crippen LogP contribution in [0.3, 0.4) is 0 Å². The summed E-state index contributed by atoms with van der Waals surface area (Å²) in [5, 5.41) is 11.1. The minimum atomic E-state index is -0.274. The number of nitrogens with zero attached hydrogens (tertiary/aromatic N) is 1.